The Morgan fingerprint density at radius 3 is 2.70 bits per heavy atom. The minimum atomic E-state index is -2.07. The van der Waals surface area contributed by atoms with Crippen LogP contribution in [0.25, 0.3) is 0 Å². The quantitative estimate of drug-likeness (QED) is 0.618. The highest BCUT2D eigenvalue weighted by Gasteiger charge is 2.01. The number of carboxylic acid groups (broad SMARTS) is 1. The minimum absolute atomic E-state index is 0.0716. The highest BCUT2D eigenvalue weighted by molar-refractivity contribution is 7.39. The second kappa shape index (κ2) is 5.45. The molecule has 0 saturated heterocycles. The number of aliphatic carboxylic acids is 1. The number of carboxylic acids is 1. The lowest BCUT2D eigenvalue weighted by atomic mass is 10.5. The summed E-state index contributed by atoms with van der Waals surface area (Å²) in [6, 6.07) is 0. The molecule has 0 bridgehead atoms. The second-order valence-electron chi connectivity index (χ2n) is 1.70. The van der Waals surface area contributed by atoms with Gasteiger partial charge >= 0.3 is 5.97 Å². The Morgan fingerprint density at radius 2 is 2.30 bits per heavy atom. The third kappa shape index (κ3) is 5.79. The van der Waals surface area contributed by atoms with Crippen molar-refractivity contribution in [3.63, 3.8) is 0 Å². The highest BCUT2D eigenvalue weighted by Crippen LogP contribution is 2.21. The van der Waals surface area contributed by atoms with E-state index >= 15 is 0 Å². The van der Waals surface area contributed by atoms with Gasteiger partial charge in [0.2, 0.25) is 0 Å². The van der Waals surface area contributed by atoms with Crippen LogP contribution in [0.4, 0.5) is 0 Å². The van der Waals surface area contributed by atoms with E-state index in [0.717, 1.165) is 0 Å². The monoisotopic (exact) mass is 166 g/mol. The van der Waals surface area contributed by atoms with E-state index in [4.69, 9.17) is 5.11 Å². The third-order valence-electron chi connectivity index (χ3n) is 0.848. The zero-order valence-electron chi connectivity index (χ0n) is 5.79. The summed E-state index contributed by atoms with van der Waals surface area (Å²) in [6.45, 7) is 2.11. The van der Waals surface area contributed by atoms with E-state index in [1.165, 1.54) is 0 Å². The van der Waals surface area contributed by atoms with E-state index in [1.807, 2.05) is 0 Å². The topological polar surface area (TPSA) is 63.6 Å². The lowest BCUT2D eigenvalue weighted by Crippen LogP contribution is -1.96. The summed E-state index contributed by atoms with van der Waals surface area (Å²) < 4.78 is 15.3. The fraction of sp³-hybridized carbons (Fsp3) is 0.800. The summed E-state index contributed by atoms with van der Waals surface area (Å²) in [7, 11) is -2.07. The first kappa shape index (κ1) is 9.66. The third-order valence-corrected chi connectivity index (χ3v) is 2.12. The van der Waals surface area contributed by atoms with Crippen LogP contribution in [-0.4, -0.2) is 23.8 Å². The zero-order valence-corrected chi connectivity index (χ0v) is 6.79. The van der Waals surface area contributed by atoms with Gasteiger partial charge in [0.05, 0.1) is 13.0 Å². The van der Waals surface area contributed by atoms with Crippen LogP contribution in [0.15, 0.2) is 0 Å². The van der Waals surface area contributed by atoms with Crippen LogP contribution in [0.3, 0.4) is 0 Å². The predicted octanol–water partition coefficient (Wildman–Crippen LogP) is 0.972. The molecule has 4 nitrogen and oxygen atoms in total. The molecule has 0 aromatic heterocycles. The van der Waals surface area contributed by atoms with Gasteiger partial charge in [0.15, 0.2) is 8.03 Å². The Balaban J connectivity index is 3.30. The zero-order chi connectivity index (χ0) is 7.98. The molecular formula is C5H11O4P. The van der Waals surface area contributed by atoms with Gasteiger partial charge in [-0.25, -0.2) is 0 Å². The van der Waals surface area contributed by atoms with Crippen LogP contribution in [-0.2, 0) is 13.9 Å². The molecule has 1 atom stereocenters. The maximum atomic E-state index is 10.6. The van der Waals surface area contributed by atoms with Crippen molar-refractivity contribution in [2.75, 3.05) is 12.8 Å². The summed E-state index contributed by atoms with van der Waals surface area (Å²) in [4.78, 5) is 9.93. The van der Waals surface area contributed by atoms with Gasteiger partial charge in [-0.2, -0.15) is 0 Å². The van der Waals surface area contributed by atoms with Crippen molar-refractivity contribution in [2.24, 2.45) is 0 Å². The summed E-state index contributed by atoms with van der Waals surface area (Å²) in [6.07, 6.45) is 0.0750. The molecule has 1 unspecified atom stereocenters. The SMILES string of the molecule is CCO[PH](=O)CCC(=O)O. The fourth-order valence-corrected chi connectivity index (χ4v) is 1.33. The van der Waals surface area contributed by atoms with Gasteiger partial charge in [0.1, 0.15) is 0 Å². The maximum absolute atomic E-state index is 10.6. The number of hydrogen-bond acceptors (Lipinski definition) is 3. The minimum Gasteiger partial charge on any atom is -0.481 e. The molecule has 0 aromatic rings. The molecule has 0 heterocycles. The first-order valence-electron chi connectivity index (χ1n) is 3.04. The van der Waals surface area contributed by atoms with Crippen molar-refractivity contribution >= 4 is 14.0 Å². The van der Waals surface area contributed by atoms with Crippen LogP contribution in [0, 0.1) is 0 Å². The molecule has 0 aliphatic rings. The predicted molar refractivity (Wildman–Crippen MR) is 37.7 cm³/mol. The van der Waals surface area contributed by atoms with Crippen LogP contribution in [0.5, 0.6) is 0 Å². The molecule has 10 heavy (non-hydrogen) atoms. The first-order valence-corrected chi connectivity index (χ1v) is 4.56. The number of rotatable bonds is 5. The Morgan fingerprint density at radius 1 is 1.70 bits per heavy atom. The lowest BCUT2D eigenvalue weighted by molar-refractivity contribution is -0.136. The van der Waals surface area contributed by atoms with Gasteiger partial charge < -0.3 is 9.63 Å². The fourth-order valence-electron chi connectivity index (χ4n) is 0.442. The van der Waals surface area contributed by atoms with E-state index in [1.54, 1.807) is 6.92 Å². The summed E-state index contributed by atoms with van der Waals surface area (Å²) in [5.41, 5.74) is 0. The van der Waals surface area contributed by atoms with Crippen molar-refractivity contribution in [2.45, 2.75) is 13.3 Å². The van der Waals surface area contributed by atoms with E-state index < -0.39 is 14.0 Å². The largest absolute Gasteiger partial charge is 0.481 e. The van der Waals surface area contributed by atoms with Crippen LogP contribution in [0.2, 0.25) is 0 Å². The van der Waals surface area contributed by atoms with Crippen molar-refractivity contribution in [3.8, 4) is 0 Å². The molecule has 0 amide bonds. The molecule has 1 N–H and O–H groups in total. The summed E-state index contributed by atoms with van der Waals surface area (Å²) in [5.74, 6) is -0.932. The van der Waals surface area contributed by atoms with E-state index in [-0.39, 0.29) is 12.6 Å². The number of hydrogen-bond donors (Lipinski definition) is 1. The molecule has 0 rings (SSSR count). The Hall–Kier alpha value is -0.340. The van der Waals surface area contributed by atoms with Gasteiger partial charge in [-0.3, -0.25) is 9.36 Å². The summed E-state index contributed by atoms with van der Waals surface area (Å²) in [5, 5.41) is 8.15. The first-order chi connectivity index (χ1) is 4.66. The number of carbonyl (C=O) groups is 1. The molecule has 0 saturated carbocycles. The van der Waals surface area contributed by atoms with Gasteiger partial charge in [0.25, 0.3) is 0 Å². The van der Waals surface area contributed by atoms with E-state index in [9.17, 15) is 9.36 Å². The van der Waals surface area contributed by atoms with E-state index in [0.29, 0.717) is 6.61 Å². The average Bonchev–Trinajstić information content (AvgIpc) is 1.85. The van der Waals surface area contributed by atoms with Crippen molar-refractivity contribution in [1.29, 1.82) is 0 Å². The highest BCUT2D eigenvalue weighted by atomic mass is 31.1. The molecule has 60 valence electrons. The van der Waals surface area contributed by atoms with Crippen LogP contribution in [0.1, 0.15) is 13.3 Å². The maximum Gasteiger partial charge on any atom is 0.303 e. The van der Waals surface area contributed by atoms with Crippen molar-refractivity contribution in [1.82, 2.24) is 0 Å². The molecule has 0 aliphatic heterocycles. The van der Waals surface area contributed by atoms with Gasteiger partial charge in [-0.15, -0.1) is 0 Å². The Bertz CT molecular complexity index is 134. The lowest BCUT2D eigenvalue weighted by Gasteiger charge is -1.97. The van der Waals surface area contributed by atoms with Gasteiger partial charge in [-0.05, 0) is 6.92 Å². The van der Waals surface area contributed by atoms with E-state index in [2.05, 4.69) is 4.52 Å². The normalized spacial score (nSPS) is 12.9. The molecule has 5 heteroatoms. The van der Waals surface area contributed by atoms with Gasteiger partial charge in [0, 0.05) is 6.16 Å². The second-order valence-corrected chi connectivity index (χ2v) is 3.23. The molecule has 0 aliphatic carbocycles. The molecule has 0 spiro atoms. The van der Waals surface area contributed by atoms with Crippen LogP contribution >= 0.6 is 8.03 Å². The van der Waals surface area contributed by atoms with Crippen molar-refractivity contribution in [3.05, 3.63) is 0 Å². The Labute approximate surface area is 60.1 Å². The molecule has 0 radical (unpaired) electrons. The molecule has 0 fully saturated rings. The Kier molecular flexibility index (Phi) is 5.26. The van der Waals surface area contributed by atoms with Gasteiger partial charge in [-0.1, -0.05) is 0 Å². The van der Waals surface area contributed by atoms with Crippen molar-refractivity contribution < 1.29 is 19.0 Å². The molecular weight excluding hydrogens is 155 g/mol. The smallest absolute Gasteiger partial charge is 0.303 e. The molecule has 0 aromatic carbocycles. The standard InChI is InChI=1S/C5H11O4P/c1-2-9-10(8)4-3-5(6)7/h10H,2-4H2,1H3,(H,6,7). The summed E-state index contributed by atoms with van der Waals surface area (Å²) >= 11 is 0. The van der Waals surface area contributed by atoms with Crippen LogP contribution < -0.4 is 0 Å². The average molecular weight is 166 g/mol.